The smallest absolute Gasteiger partial charge is 0.261 e. The van der Waals surface area contributed by atoms with E-state index in [1.54, 1.807) is 0 Å². The molecule has 3 rings (SSSR count). The van der Waals surface area contributed by atoms with E-state index in [0.717, 1.165) is 41.6 Å². The molecule has 1 aliphatic rings. The van der Waals surface area contributed by atoms with Crippen molar-refractivity contribution in [3.8, 4) is 0 Å². The Bertz CT molecular complexity index is 817. The van der Waals surface area contributed by atoms with E-state index < -0.39 is 0 Å². The third-order valence-electron chi connectivity index (χ3n) is 5.74. The van der Waals surface area contributed by atoms with Crippen molar-refractivity contribution < 1.29 is 0 Å². The average molecular weight is 420 g/mol. The van der Waals surface area contributed by atoms with Crippen LogP contribution in [0.4, 0.5) is 0 Å². The largest absolute Gasteiger partial charge is 0.314 e. The van der Waals surface area contributed by atoms with Gasteiger partial charge in [0, 0.05) is 23.0 Å². The van der Waals surface area contributed by atoms with Crippen LogP contribution in [0.25, 0.3) is 10.9 Å². The monoisotopic (exact) mass is 419 g/mol. The molecule has 1 N–H and O–H groups in total. The minimum atomic E-state index is 0.0926. The fourth-order valence-electron chi connectivity index (χ4n) is 4.31. The van der Waals surface area contributed by atoms with Gasteiger partial charge in [-0.15, -0.1) is 0 Å². The van der Waals surface area contributed by atoms with Crippen LogP contribution in [-0.2, 0) is 6.54 Å². The van der Waals surface area contributed by atoms with Crippen LogP contribution in [-0.4, -0.2) is 22.1 Å². The molecular formula is C21H30BrN3O. The van der Waals surface area contributed by atoms with Crippen LogP contribution in [0.15, 0.2) is 27.5 Å². The second-order valence-corrected chi connectivity index (χ2v) is 8.47. The lowest BCUT2D eigenvalue weighted by Crippen LogP contribution is -2.29. The Morgan fingerprint density at radius 2 is 2.12 bits per heavy atom. The van der Waals surface area contributed by atoms with E-state index in [9.17, 15) is 4.79 Å². The zero-order valence-corrected chi connectivity index (χ0v) is 17.7. The maximum Gasteiger partial charge on any atom is 0.261 e. The third kappa shape index (κ3) is 4.04. The number of nitrogens with zero attached hydrogens (tertiary/aromatic N) is 2. The zero-order valence-electron chi connectivity index (χ0n) is 16.1. The van der Waals surface area contributed by atoms with Gasteiger partial charge in [-0.1, -0.05) is 29.3 Å². The Morgan fingerprint density at radius 1 is 1.31 bits per heavy atom. The van der Waals surface area contributed by atoms with E-state index >= 15 is 0 Å². The topological polar surface area (TPSA) is 46.9 Å². The molecule has 1 aromatic heterocycles. The molecule has 1 unspecified atom stereocenters. The summed E-state index contributed by atoms with van der Waals surface area (Å²) in [5.41, 5.74) is 0.911. The van der Waals surface area contributed by atoms with E-state index in [-0.39, 0.29) is 5.56 Å². The maximum atomic E-state index is 13.1. The highest BCUT2D eigenvalue weighted by atomic mass is 79.9. The van der Waals surface area contributed by atoms with Crippen LogP contribution in [0.3, 0.4) is 0 Å². The summed E-state index contributed by atoms with van der Waals surface area (Å²) in [6.45, 7) is 8.28. The number of hydrogen-bond donors (Lipinski definition) is 1. The Kier molecular flexibility index (Phi) is 6.51. The molecule has 1 aromatic carbocycles. The summed E-state index contributed by atoms with van der Waals surface area (Å²) in [5, 5.41) is 4.31. The average Bonchev–Trinajstić information content (AvgIpc) is 2.85. The van der Waals surface area contributed by atoms with E-state index in [0.29, 0.717) is 29.8 Å². The van der Waals surface area contributed by atoms with Crippen LogP contribution < -0.4 is 10.9 Å². The predicted octanol–water partition coefficient (Wildman–Crippen LogP) is 4.84. The molecule has 0 saturated carbocycles. The van der Waals surface area contributed by atoms with Gasteiger partial charge in [-0.3, -0.25) is 9.36 Å². The van der Waals surface area contributed by atoms with Gasteiger partial charge in [0.25, 0.3) is 5.56 Å². The summed E-state index contributed by atoms with van der Waals surface area (Å²) in [4.78, 5) is 18.1. The van der Waals surface area contributed by atoms with Crippen LogP contribution in [0.2, 0.25) is 0 Å². The second kappa shape index (κ2) is 8.66. The number of halogens is 1. The molecule has 1 aliphatic heterocycles. The summed E-state index contributed by atoms with van der Waals surface area (Å²) >= 11 is 3.48. The van der Waals surface area contributed by atoms with Gasteiger partial charge in [-0.25, -0.2) is 4.98 Å². The van der Waals surface area contributed by atoms with Crippen LogP contribution in [0, 0.1) is 5.92 Å². The first-order valence-electron chi connectivity index (χ1n) is 9.98. The molecule has 0 radical (unpaired) electrons. The van der Waals surface area contributed by atoms with E-state index in [2.05, 4.69) is 42.0 Å². The minimum Gasteiger partial charge on any atom is -0.314 e. The number of benzene rings is 1. The first kappa shape index (κ1) is 19.6. The Balaban J connectivity index is 2.09. The summed E-state index contributed by atoms with van der Waals surface area (Å²) < 4.78 is 2.84. The lowest BCUT2D eigenvalue weighted by molar-refractivity contribution is 0.338. The zero-order chi connectivity index (χ0) is 18.7. The number of hydrogen-bond acceptors (Lipinski definition) is 3. The molecular weight excluding hydrogens is 390 g/mol. The molecule has 0 amide bonds. The summed E-state index contributed by atoms with van der Waals surface area (Å²) in [6.07, 6.45) is 5.77. The molecule has 3 atom stereocenters. The molecule has 0 aliphatic carbocycles. The quantitative estimate of drug-likeness (QED) is 0.753. The fourth-order valence-corrected chi connectivity index (χ4v) is 4.67. The van der Waals surface area contributed by atoms with Gasteiger partial charge in [0.1, 0.15) is 5.82 Å². The normalized spacial score (nSPS) is 22.3. The third-order valence-corrected chi connectivity index (χ3v) is 6.23. The number of nitrogens with one attached hydrogen (secondary N) is 1. The van der Waals surface area contributed by atoms with Gasteiger partial charge >= 0.3 is 0 Å². The van der Waals surface area contributed by atoms with Crippen molar-refractivity contribution >= 4 is 26.8 Å². The Morgan fingerprint density at radius 3 is 2.85 bits per heavy atom. The highest BCUT2D eigenvalue weighted by Crippen LogP contribution is 2.35. The van der Waals surface area contributed by atoms with Crippen molar-refractivity contribution in [3.05, 3.63) is 38.9 Å². The summed E-state index contributed by atoms with van der Waals surface area (Å²) in [5.74, 6) is 1.94. The lowest BCUT2D eigenvalue weighted by atomic mass is 9.82. The molecule has 2 heterocycles. The van der Waals surface area contributed by atoms with Crippen molar-refractivity contribution in [3.63, 3.8) is 0 Å². The van der Waals surface area contributed by atoms with Gasteiger partial charge < -0.3 is 5.32 Å². The van der Waals surface area contributed by atoms with Gasteiger partial charge in [0.2, 0.25) is 0 Å². The second-order valence-electron chi connectivity index (χ2n) is 7.56. The van der Waals surface area contributed by atoms with Gasteiger partial charge in [0.15, 0.2) is 0 Å². The van der Waals surface area contributed by atoms with Crippen molar-refractivity contribution in [1.29, 1.82) is 0 Å². The first-order chi connectivity index (χ1) is 12.5. The molecule has 1 saturated heterocycles. The highest BCUT2D eigenvalue weighted by molar-refractivity contribution is 9.10. The minimum absolute atomic E-state index is 0.0926. The number of fused-ring (bicyclic) bond motifs is 1. The van der Waals surface area contributed by atoms with Crippen LogP contribution in [0.1, 0.15) is 64.6 Å². The van der Waals surface area contributed by atoms with Crippen LogP contribution in [0.5, 0.6) is 0 Å². The fraction of sp³-hybridized carbons (Fsp3) is 0.619. The first-order valence-corrected chi connectivity index (χ1v) is 10.8. The van der Waals surface area contributed by atoms with Crippen molar-refractivity contribution in [2.75, 3.05) is 6.54 Å². The molecule has 0 spiro atoms. The van der Waals surface area contributed by atoms with Gasteiger partial charge in [0.05, 0.1) is 10.9 Å². The number of aromatic nitrogens is 2. The standard InChI is InChI=1S/C21H30BrN3O/c1-4-6-17(15-8-7-14(3)23-12-11-15)20-24-19-10-9-16(22)13-18(19)21(26)25(20)5-2/h9-10,13-15,17,23H,4-8,11-12H2,1-3H3/t14-,15?,17+/m0/s1. The predicted molar refractivity (Wildman–Crippen MR) is 112 cm³/mol. The lowest BCUT2D eigenvalue weighted by Gasteiger charge is -2.27. The maximum absolute atomic E-state index is 13.1. The molecule has 0 bridgehead atoms. The SMILES string of the molecule is CCC[C@@H](c1nc2ccc(Br)cc2c(=O)n1CC)C1CCN[C@@H](C)CC1. The van der Waals surface area contributed by atoms with E-state index in [4.69, 9.17) is 4.98 Å². The van der Waals surface area contributed by atoms with Crippen molar-refractivity contribution in [2.45, 2.75) is 71.4 Å². The molecule has 5 heteroatoms. The van der Waals surface area contributed by atoms with E-state index in [1.807, 2.05) is 22.8 Å². The number of rotatable bonds is 5. The summed E-state index contributed by atoms with van der Waals surface area (Å²) in [6, 6.07) is 6.41. The molecule has 2 aromatic rings. The van der Waals surface area contributed by atoms with E-state index in [1.165, 1.54) is 12.8 Å². The van der Waals surface area contributed by atoms with Gasteiger partial charge in [-0.2, -0.15) is 0 Å². The molecule has 1 fully saturated rings. The molecule has 4 nitrogen and oxygen atoms in total. The molecule has 26 heavy (non-hydrogen) atoms. The Hall–Kier alpha value is -1.20. The summed E-state index contributed by atoms with van der Waals surface area (Å²) in [7, 11) is 0. The van der Waals surface area contributed by atoms with Crippen molar-refractivity contribution in [2.24, 2.45) is 5.92 Å². The highest BCUT2D eigenvalue weighted by Gasteiger charge is 2.29. The van der Waals surface area contributed by atoms with Crippen LogP contribution >= 0.6 is 15.9 Å². The van der Waals surface area contributed by atoms with Gasteiger partial charge in [-0.05, 0) is 70.2 Å². The Labute approximate surface area is 164 Å². The van der Waals surface area contributed by atoms with Crippen molar-refractivity contribution in [1.82, 2.24) is 14.9 Å². The molecule has 142 valence electrons.